The van der Waals surface area contributed by atoms with E-state index in [2.05, 4.69) is 35.3 Å². The summed E-state index contributed by atoms with van der Waals surface area (Å²) in [5.41, 5.74) is 4.18. The van der Waals surface area contributed by atoms with Crippen LogP contribution in [0.2, 0.25) is 0 Å². The molecule has 0 amide bonds. The lowest BCUT2D eigenvalue weighted by Crippen LogP contribution is -2.05. The van der Waals surface area contributed by atoms with Gasteiger partial charge in [-0.15, -0.1) is 0 Å². The summed E-state index contributed by atoms with van der Waals surface area (Å²) < 4.78 is 0. The normalized spacial score (nSPS) is 12.8. The minimum Gasteiger partial charge on any atom is -0.388 e. The molecule has 1 aromatic heterocycles. The molecule has 1 N–H and O–H groups in total. The molecule has 0 spiro atoms. The Bertz CT molecular complexity index is 750. The van der Waals surface area contributed by atoms with Gasteiger partial charge in [-0.3, -0.25) is 4.98 Å². The molecule has 1 atom stereocenters. The monoisotopic (exact) mass is 277 g/mol. The first-order valence-electron chi connectivity index (χ1n) is 7.28. The van der Waals surface area contributed by atoms with Crippen molar-refractivity contribution in [2.24, 2.45) is 5.92 Å². The maximum atomic E-state index is 10.1. The van der Waals surface area contributed by atoms with E-state index in [0.717, 1.165) is 22.0 Å². The number of aliphatic hydroxyl groups excluding tert-OH is 1. The quantitative estimate of drug-likeness (QED) is 0.759. The maximum Gasteiger partial charge on any atom is 0.0827 e. The Kier molecular flexibility index (Phi) is 3.72. The number of fused-ring (bicyclic) bond motifs is 1. The highest BCUT2D eigenvalue weighted by Gasteiger charge is 2.13. The largest absolute Gasteiger partial charge is 0.388 e. The minimum atomic E-state index is -0.462. The van der Waals surface area contributed by atoms with Crippen LogP contribution in [-0.2, 0) is 0 Å². The molecule has 3 rings (SSSR count). The van der Waals surface area contributed by atoms with Crippen LogP contribution in [0.25, 0.3) is 22.0 Å². The van der Waals surface area contributed by atoms with Gasteiger partial charge >= 0.3 is 0 Å². The first-order valence-corrected chi connectivity index (χ1v) is 7.28. The second-order valence-electron chi connectivity index (χ2n) is 5.73. The van der Waals surface area contributed by atoms with Crippen molar-refractivity contribution in [3.8, 4) is 11.1 Å². The molecule has 21 heavy (non-hydrogen) atoms. The summed E-state index contributed by atoms with van der Waals surface area (Å²) in [5.74, 6) is 0.188. The lowest BCUT2D eigenvalue weighted by molar-refractivity contribution is 0.126. The van der Waals surface area contributed by atoms with Gasteiger partial charge in [0.05, 0.1) is 11.6 Å². The molecule has 0 aliphatic heterocycles. The average Bonchev–Trinajstić information content (AvgIpc) is 2.54. The lowest BCUT2D eigenvalue weighted by Gasteiger charge is -2.15. The Morgan fingerprint density at radius 2 is 1.67 bits per heavy atom. The molecule has 106 valence electrons. The molecule has 0 radical (unpaired) electrons. The molecule has 2 heteroatoms. The second kappa shape index (κ2) is 5.66. The van der Waals surface area contributed by atoms with E-state index in [1.807, 2.05) is 38.1 Å². The highest BCUT2D eigenvalue weighted by molar-refractivity contribution is 5.84. The number of rotatable bonds is 3. The van der Waals surface area contributed by atoms with Gasteiger partial charge in [0, 0.05) is 11.6 Å². The standard InChI is InChI=1S/C19H19NO/c1-13(2)19(21)17-10-16-9-8-15(11-18(16)20-12-17)14-6-4-3-5-7-14/h3-13,19,21H,1-2H3/t19-/m0/s1. The van der Waals surface area contributed by atoms with Gasteiger partial charge in [-0.2, -0.15) is 0 Å². The fourth-order valence-electron chi connectivity index (χ4n) is 2.50. The van der Waals surface area contributed by atoms with Crippen LogP contribution in [0.1, 0.15) is 25.5 Å². The van der Waals surface area contributed by atoms with Crippen molar-refractivity contribution >= 4 is 10.9 Å². The minimum absolute atomic E-state index is 0.188. The van der Waals surface area contributed by atoms with Gasteiger partial charge in [0.15, 0.2) is 0 Å². The fraction of sp³-hybridized carbons (Fsp3) is 0.211. The molecule has 2 nitrogen and oxygen atoms in total. The van der Waals surface area contributed by atoms with Crippen LogP contribution in [0.5, 0.6) is 0 Å². The van der Waals surface area contributed by atoms with Gasteiger partial charge < -0.3 is 5.11 Å². The Labute approximate surface area is 125 Å². The average molecular weight is 277 g/mol. The highest BCUT2D eigenvalue weighted by atomic mass is 16.3. The van der Waals surface area contributed by atoms with Gasteiger partial charge in [0.25, 0.3) is 0 Å². The summed E-state index contributed by atoms with van der Waals surface area (Å²) in [5, 5.41) is 11.2. The topological polar surface area (TPSA) is 33.1 Å². The van der Waals surface area contributed by atoms with Crippen LogP contribution in [0, 0.1) is 5.92 Å². The second-order valence-corrected chi connectivity index (χ2v) is 5.73. The predicted molar refractivity (Wildman–Crippen MR) is 87.0 cm³/mol. The van der Waals surface area contributed by atoms with E-state index < -0.39 is 6.10 Å². The van der Waals surface area contributed by atoms with E-state index in [-0.39, 0.29) is 5.92 Å². The molecule has 0 unspecified atom stereocenters. The summed E-state index contributed by atoms with van der Waals surface area (Å²) in [6, 6.07) is 18.6. The number of aliphatic hydroxyl groups is 1. The molecule has 2 aromatic carbocycles. The molecule has 0 aliphatic carbocycles. The molecule has 0 aliphatic rings. The number of hydrogen-bond acceptors (Lipinski definition) is 2. The Hall–Kier alpha value is -2.19. The van der Waals surface area contributed by atoms with Gasteiger partial charge in [0.2, 0.25) is 0 Å². The van der Waals surface area contributed by atoms with Crippen molar-refractivity contribution in [2.75, 3.05) is 0 Å². The molecule has 0 saturated carbocycles. The zero-order valence-electron chi connectivity index (χ0n) is 12.3. The number of pyridine rings is 1. The molecule has 3 aromatic rings. The van der Waals surface area contributed by atoms with Crippen molar-refractivity contribution in [3.05, 3.63) is 66.4 Å². The van der Waals surface area contributed by atoms with E-state index in [1.54, 1.807) is 6.20 Å². The smallest absolute Gasteiger partial charge is 0.0827 e. The van der Waals surface area contributed by atoms with Crippen molar-refractivity contribution in [3.63, 3.8) is 0 Å². The predicted octanol–water partition coefficient (Wildman–Crippen LogP) is 4.59. The molecular formula is C19H19NO. The van der Waals surface area contributed by atoms with Gasteiger partial charge in [-0.05, 0) is 34.7 Å². The van der Waals surface area contributed by atoms with Gasteiger partial charge in [-0.1, -0.05) is 56.3 Å². The van der Waals surface area contributed by atoms with Gasteiger partial charge in [0.1, 0.15) is 0 Å². The summed E-state index contributed by atoms with van der Waals surface area (Å²) in [6.07, 6.45) is 1.32. The van der Waals surface area contributed by atoms with E-state index >= 15 is 0 Å². The van der Waals surface area contributed by atoms with Crippen LogP contribution < -0.4 is 0 Å². The Balaban J connectivity index is 2.03. The Morgan fingerprint density at radius 3 is 2.38 bits per heavy atom. The van der Waals surface area contributed by atoms with Crippen molar-refractivity contribution < 1.29 is 5.11 Å². The molecule has 1 heterocycles. The van der Waals surface area contributed by atoms with E-state index in [0.29, 0.717) is 0 Å². The van der Waals surface area contributed by atoms with Crippen LogP contribution in [0.3, 0.4) is 0 Å². The Morgan fingerprint density at radius 1 is 0.905 bits per heavy atom. The molecule has 0 saturated heterocycles. The third kappa shape index (κ3) is 2.81. The zero-order valence-corrected chi connectivity index (χ0v) is 12.3. The van der Waals surface area contributed by atoms with E-state index in [1.165, 1.54) is 5.56 Å². The maximum absolute atomic E-state index is 10.1. The van der Waals surface area contributed by atoms with E-state index in [4.69, 9.17) is 0 Å². The zero-order chi connectivity index (χ0) is 14.8. The van der Waals surface area contributed by atoms with E-state index in [9.17, 15) is 5.11 Å². The number of hydrogen-bond donors (Lipinski definition) is 1. The number of aromatic nitrogens is 1. The van der Waals surface area contributed by atoms with Crippen molar-refractivity contribution in [1.29, 1.82) is 0 Å². The molecular weight excluding hydrogens is 258 g/mol. The van der Waals surface area contributed by atoms with Crippen LogP contribution >= 0.6 is 0 Å². The summed E-state index contributed by atoms with van der Waals surface area (Å²) >= 11 is 0. The number of nitrogens with zero attached hydrogens (tertiary/aromatic N) is 1. The van der Waals surface area contributed by atoms with Crippen LogP contribution in [0.15, 0.2) is 60.8 Å². The summed E-state index contributed by atoms with van der Waals surface area (Å²) in [4.78, 5) is 4.51. The summed E-state index contributed by atoms with van der Waals surface area (Å²) in [7, 11) is 0. The van der Waals surface area contributed by atoms with Crippen molar-refractivity contribution in [2.45, 2.75) is 20.0 Å². The van der Waals surface area contributed by atoms with Crippen LogP contribution in [-0.4, -0.2) is 10.1 Å². The third-order valence-corrected chi connectivity index (χ3v) is 3.79. The first kappa shape index (κ1) is 13.8. The third-order valence-electron chi connectivity index (χ3n) is 3.79. The molecule has 0 fully saturated rings. The molecule has 0 bridgehead atoms. The SMILES string of the molecule is CC(C)[C@H](O)c1cnc2cc(-c3ccccc3)ccc2c1. The number of benzene rings is 2. The lowest BCUT2D eigenvalue weighted by atomic mass is 9.98. The van der Waals surface area contributed by atoms with Gasteiger partial charge in [-0.25, -0.2) is 0 Å². The first-order chi connectivity index (χ1) is 10.1. The highest BCUT2D eigenvalue weighted by Crippen LogP contribution is 2.27. The van der Waals surface area contributed by atoms with Crippen molar-refractivity contribution in [1.82, 2.24) is 4.98 Å². The fourth-order valence-corrected chi connectivity index (χ4v) is 2.50. The summed E-state index contributed by atoms with van der Waals surface area (Å²) in [6.45, 7) is 4.01. The van der Waals surface area contributed by atoms with Crippen LogP contribution in [0.4, 0.5) is 0 Å².